The number of anilines is 2. The molecule has 0 aliphatic carbocycles. The molecule has 0 saturated heterocycles. The Labute approximate surface area is 119 Å². The summed E-state index contributed by atoms with van der Waals surface area (Å²) in [5.74, 6) is 0.0157. The highest BCUT2D eigenvalue weighted by molar-refractivity contribution is 5.92. The van der Waals surface area contributed by atoms with E-state index in [4.69, 9.17) is 5.73 Å². The Balaban J connectivity index is 1.96. The van der Waals surface area contributed by atoms with Crippen LogP contribution < -0.4 is 11.1 Å². The van der Waals surface area contributed by atoms with Crippen LogP contribution in [-0.4, -0.2) is 5.91 Å². The van der Waals surface area contributed by atoms with E-state index in [0.717, 1.165) is 17.7 Å². The summed E-state index contributed by atoms with van der Waals surface area (Å²) in [7, 11) is 0. The van der Waals surface area contributed by atoms with E-state index in [2.05, 4.69) is 24.4 Å². The predicted molar refractivity (Wildman–Crippen MR) is 83.7 cm³/mol. The summed E-state index contributed by atoms with van der Waals surface area (Å²) in [4.78, 5) is 12.0. The van der Waals surface area contributed by atoms with Crippen molar-refractivity contribution in [3.8, 4) is 0 Å². The van der Waals surface area contributed by atoms with Gasteiger partial charge >= 0.3 is 0 Å². The van der Waals surface area contributed by atoms with Crippen molar-refractivity contribution >= 4 is 17.3 Å². The number of carbonyl (C=O) groups is 1. The molecular formula is C17H20N2O. The van der Waals surface area contributed by atoms with Crippen LogP contribution in [0.25, 0.3) is 0 Å². The minimum absolute atomic E-state index is 0.0157. The Kier molecular flexibility index (Phi) is 4.41. The number of rotatable bonds is 4. The van der Waals surface area contributed by atoms with Crippen molar-refractivity contribution in [2.24, 2.45) is 0 Å². The summed E-state index contributed by atoms with van der Waals surface area (Å²) >= 11 is 0. The molecule has 0 aliphatic rings. The van der Waals surface area contributed by atoms with Crippen molar-refractivity contribution in [2.75, 3.05) is 11.1 Å². The number of aryl methyl sites for hydroxylation is 3. The number of nitrogens with two attached hydrogens (primary N) is 1. The highest BCUT2D eigenvalue weighted by Crippen LogP contribution is 2.18. The Morgan fingerprint density at radius 3 is 2.60 bits per heavy atom. The van der Waals surface area contributed by atoms with Crippen molar-refractivity contribution in [3.63, 3.8) is 0 Å². The van der Waals surface area contributed by atoms with Gasteiger partial charge < -0.3 is 11.1 Å². The lowest BCUT2D eigenvalue weighted by Crippen LogP contribution is -2.13. The van der Waals surface area contributed by atoms with Gasteiger partial charge in [-0.25, -0.2) is 0 Å². The lowest BCUT2D eigenvalue weighted by Gasteiger charge is -2.10. The van der Waals surface area contributed by atoms with Gasteiger partial charge in [0.2, 0.25) is 5.91 Å². The van der Waals surface area contributed by atoms with E-state index >= 15 is 0 Å². The number of nitrogens with one attached hydrogen (secondary N) is 1. The Morgan fingerprint density at radius 2 is 1.85 bits per heavy atom. The third-order valence-corrected chi connectivity index (χ3v) is 3.42. The molecule has 3 heteroatoms. The second-order valence-electron chi connectivity index (χ2n) is 5.05. The molecule has 0 radical (unpaired) electrons. The highest BCUT2D eigenvalue weighted by atomic mass is 16.1. The quantitative estimate of drug-likeness (QED) is 0.834. The van der Waals surface area contributed by atoms with Crippen LogP contribution in [0.3, 0.4) is 0 Å². The van der Waals surface area contributed by atoms with Gasteiger partial charge in [-0.2, -0.15) is 0 Å². The maximum atomic E-state index is 12.0. The lowest BCUT2D eigenvalue weighted by atomic mass is 10.0. The van der Waals surface area contributed by atoms with E-state index in [1.54, 1.807) is 6.07 Å². The smallest absolute Gasteiger partial charge is 0.224 e. The summed E-state index contributed by atoms with van der Waals surface area (Å²) in [5, 5.41) is 2.92. The molecule has 2 rings (SSSR count). The first-order valence-electron chi connectivity index (χ1n) is 6.77. The summed E-state index contributed by atoms with van der Waals surface area (Å²) in [6.07, 6.45) is 1.22. The average molecular weight is 268 g/mol. The molecule has 0 fully saturated rings. The highest BCUT2D eigenvalue weighted by Gasteiger charge is 2.06. The third-order valence-electron chi connectivity index (χ3n) is 3.42. The second-order valence-corrected chi connectivity index (χ2v) is 5.05. The predicted octanol–water partition coefficient (Wildman–Crippen LogP) is 3.46. The molecule has 3 nitrogen and oxygen atoms in total. The van der Waals surface area contributed by atoms with E-state index in [0.29, 0.717) is 12.1 Å². The van der Waals surface area contributed by atoms with Gasteiger partial charge in [0, 0.05) is 17.8 Å². The fraction of sp³-hybridized carbons (Fsp3) is 0.235. The van der Waals surface area contributed by atoms with Crippen LogP contribution >= 0.6 is 0 Å². The number of hydrogen-bond acceptors (Lipinski definition) is 2. The van der Waals surface area contributed by atoms with E-state index in [-0.39, 0.29) is 5.91 Å². The van der Waals surface area contributed by atoms with Gasteiger partial charge in [-0.3, -0.25) is 4.79 Å². The van der Waals surface area contributed by atoms with Crippen molar-refractivity contribution < 1.29 is 4.79 Å². The maximum Gasteiger partial charge on any atom is 0.224 e. The normalized spacial score (nSPS) is 10.3. The zero-order chi connectivity index (χ0) is 14.5. The Bertz CT molecular complexity index is 620. The molecule has 1 amide bonds. The molecule has 2 aromatic carbocycles. The van der Waals surface area contributed by atoms with Crippen LogP contribution in [0, 0.1) is 13.8 Å². The second kappa shape index (κ2) is 6.24. The van der Waals surface area contributed by atoms with Gasteiger partial charge in [0.05, 0.1) is 0 Å². The monoisotopic (exact) mass is 268 g/mol. The number of nitrogen functional groups attached to an aromatic ring is 1. The molecule has 0 unspecified atom stereocenters. The summed E-state index contributed by atoms with van der Waals surface area (Å²) in [5.41, 5.74) is 10.6. The Hall–Kier alpha value is -2.29. The van der Waals surface area contributed by atoms with E-state index in [9.17, 15) is 4.79 Å². The van der Waals surface area contributed by atoms with Gasteiger partial charge in [0.1, 0.15) is 0 Å². The van der Waals surface area contributed by atoms with E-state index in [1.807, 2.05) is 31.2 Å². The molecule has 0 bridgehead atoms. The van der Waals surface area contributed by atoms with Gasteiger partial charge in [0.15, 0.2) is 0 Å². The van der Waals surface area contributed by atoms with E-state index in [1.165, 1.54) is 11.1 Å². The van der Waals surface area contributed by atoms with Crippen molar-refractivity contribution in [1.29, 1.82) is 0 Å². The first-order valence-corrected chi connectivity index (χ1v) is 6.77. The SMILES string of the molecule is Cc1ccccc1CCC(=O)Nc1cc(N)ccc1C. The van der Waals surface area contributed by atoms with Crippen LogP contribution in [0.4, 0.5) is 11.4 Å². The molecule has 0 aliphatic heterocycles. The third kappa shape index (κ3) is 3.60. The fourth-order valence-corrected chi connectivity index (χ4v) is 2.13. The Morgan fingerprint density at radius 1 is 1.10 bits per heavy atom. The van der Waals surface area contributed by atoms with Crippen LogP contribution in [0.15, 0.2) is 42.5 Å². The zero-order valence-corrected chi connectivity index (χ0v) is 11.9. The number of benzene rings is 2. The van der Waals surface area contributed by atoms with Gasteiger partial charge in [0.25, 0.3) is 0 Å². The standard InChI is InChI=1S/C17H20N2O/c1-12-5-3-4-6-14(12)8-10-17(20)19-16-11-15(18)9-7-13(16)2/h3-7,9,11H,8,10,18H2,1-2H3,(H,19,20). The lowest BCUT2D eigenvalue weighted by molar-refractivity contribution is -0.116. The summed E-state index contributed by atoms with van der Waals surface area (Å²) in [6.45, 7) is 4.02. The zero-order valence-electron chi connectivity index (χ0n) is 11.9. The van der Waals surface area contributed by atoms with Crippen LogP contribution in [0.1, 0.15) is 23.1 Å². The minimum atomic E-state index is 0.0157. The molecule has 3 N–H and O–H groups in total. The molecule has 0 aromatic heterocycles. The molecule has 0 saturated carbocycles. The van der Waals surface area contributed by atoms with E-state index < -0.39 is 0 Å². The fourth-order valence-electron chi connectivity index (χ4n) is 2.13. The molecule has 0 heterocycles. The maximum absolute atomic E-state index is 12.0. The molecule has 0 spiro atoms. The van der Waals surface area contributed by atoms with Gasteiger partial charge in [-0.1, -0.05) is 30.3 Å². The van der Waals surface area contributed by atoms with Gasteiger partial charge in [-0.15, -0.1) is 0 Å². The minimum Gasteiger partial charge on any atom is -0.399 e. The van der Waals surface area contributed by atoms with Crippen molar-refractivity contribution in [2.45, 2.75) is 26.7 Å². The number of amides is 1. The molecule has 20 heavy (non-hydrogen) atoms. The first kappa shape index (κ1) is 14.1. The molecule has 104 valence electrons. The molecule has 0 atom stereocenters. The molecule has 2 aromatic rings. The summed E-state index contributed by atoms with van der Waals surface area (Å²) in [6, 6.07) is 13.7. The van der Waals surface area contributed by atoms with Crippen LogP contribution in [-0.2, 0) is 11.2 Å². The van der Waals surface area contributed by atoms with Crippen LogP contribution in [0.2, 0.25) is 0 Å². The summed E-state index contributed by atoms with van der Waals surface area (Å²) < 4.78 is 0. The van der Waals surface area contributed by atoms with Crippen molar-refractivity contribution in [1.82, 2.24) is 0 Å². The topological polar surface area (TPSA) is 55.1 Å². The molecular weight excluding hydrogens is 248 g/mol. The van der Waals surface area contributed by atoms with Crippen LogP contribution in [0.5, 0.6) is 0 Å². The number of hydrogen-bond donors (Lipinski definition) is 2. The van der Waals surface area contributed by atoms with Crippen molar-refractivity contribution in [3.05, 3.63) is 59.2 Å². The average Bonchev–Trinajstić information content (AvgIpc) is 2.42. The number of carbonyl (C=O) groups excluding carboxylic acids is 1. The largest absolute Gasteiger partial charge is 0.399 e. The van der Waals surface area contributed by atoms with Gasteiger partial charge in [-0.05, 0) is 49.1 Å². The first-order chi connectivity index (χ1) is 9.56.